The van der Waals surface area contributed by atoms with Crippen LogP contribution < -0.4 is 5.43 Å². The lowest BCUT2D eigenvalue weighted by Gasteiger charge is -2.19. The number of hydrazine groups is 1. The molecule has 1 aliphatic heterocycles. The van der Waals surface area contributed by atoms with E-state index in [0.717, 1.165) is 5.01 Å². The molecule has 6 nitrogen and oxygen atoms in total. The zero-order valence-corrected chi connectivity index (χ0v) is 7.28. The number of carbonyl (C=O) groups excluding carboxylic acids is 4. The van der Waals surface area contributed by atoms with E-state index in [0.29, 0.717) is 6.42 Å². The molecule has 1 N–H and O–H groups in total. The quantitative estimate of drug-likeness (QED) is 0.500. The first-order valence-electron chi connectivity index (χ1n) is 4.28. The molecule has 2 aliphatic rings. The van der Waals surface area contributed by atoms with E-state index in [1.54, 1.807) is 0 Å². The van der Waals surface area contributed by atoms with Crippen LogP contribution in [0.3, 0.4) is 0 Å². The predicted octanol–water partition coefficient (Wildman–Crippen LogP) is -1.80. The molecule has 0 aromatic heterocycles. The highest BCUT2D eigenvalue weighted by molar-refractivity contribution is 6.44. The maximum Gasteiger partial charge on any atom is 0.306 e. The molecule has 0 bridgehead atoms. The number of hydrogen-bond acceptors (Lipinski definition) is 5. The van der Waals surface area contributed by atoms with E-state index < -0.39 is 29.3 Å². The number of nitrogens with zero attached hydrogens (tertiary/aromatic N) is 1. The molecule has 74 valence electrons. The van der Waals surface area contributed by atoms with Crippen molar-refractivity contribution in [1.82, 2.24) is 10.4 Å². The highest BCUT2D eigenvalue weighted by atomic mass is 16.2. The number of carbonyl (C=O) groups is 4. The minimum absolute atomic E-state index is 0.0865. The van der Waals surface area contributed by atoms with Gasteiger partial charge < -0.3 is 0 Å². The molecule has 0 spiro atoms. The van der Waals surface area contributed by atoms with Crippen LogP contribution in [0.5, 0.6) is 0 Å². The Bertz CT molecular complexity index is 315. The van der Waals surface area contributed by atoms with Crippen molar-refractivity contribution >= 4 is 23.3 Å². The molecule has 6 heteroatoms. The molecule has 14 heavy (non-hydrogen) atoms. The van der Waals surface area contributed by atoms with Gasteiger partial charge in [0.1, 0.15) is 6.04 Å². The molecule has 1 atom stereocenters. The lowest BCUT2D eigenvalue weighted by Crippen LogP contribution is -2.46. The van der Waals surface area contributed by atoms with Crippen molar-refractivity contribution in [1.29, 1.82) is 0 Å². The Balaban J connectivity index is 2.17. The Labute approximate surface area is 79.2 Å². The fraction of sp³-hybridized carbons (Fsp3) is 0.500. The summed E-state index contributed by atoms with van der Waals surface area (Å²) in [7, 11) is 0. The standard InChI is InChI=1S/C8H8N2O4/c11-5-2-1-4(7(5)13)10-8(14)6(12)3-9-10/h4,9H,1-3H2. The zero-order valence-electron chi connectivity index (χ0n) is 7.28. The highest BCUT2D eigenvalue weighted by Gasteiger charge is 2.43. The van der Waals surface area contributed by atoms with Crippen LogP contribution in [0.15, 0.2) is 0 Å². The van der Waals surface area contributed by atoms with Gasteiger partial charge in [0.05, 0.1) is 6.54 Å². The van der Waals surface area contributed by atoms with Crippen LogP contribution in [-0.4, -0.2) is 40.9 Å². The van der Waals surface area contributed by atoms with Gasteiger partial charge in [-0.15, -0.1) is 0 Å². The Kier molecular flexibility index (Phi) is 1.92. The lowest BCUT2D eigenvalue weighted by atomic mass is 10.2. The van der Waals surface area contributed by atoms with Crippen LogP contribution in [-0.2, 0) is 19.2 Å². The summed E-state index contributed by atoms with van der Waals surface area (Å²) in [6.07, 6.45) is 0.465. The van der Waals surface area contributed by atoms with E-state index in [4.69, 9.17) is 0 Å². The number of amides is 1. The Morgan fingerprint density at radius 1 is 1.14 bits per heavy atom. The van der Waals surface area contributed by atoms with Gasteiger partial charge in [-0.1, -0.05) is 0 Å². The maximum atomic E-state index is 11.2. The van der Waals surface area contributed by atoms with Gasteiger partial charge in [0.15, 0.2) is 0 Å². The normalized spacial score (nSPS) is 28.0. The van der Waals surface area contributed by atoms with E-state index >= 15 is 0 Å². The third-order valence-electron chi connectivity index (χ3n) is 2.40. The third kappa shape index (κ3) is 1.15. The first-order chi connectivity index (χ1) is 6.61. The van der Waals surface area contributed by atoms with Gasteiger partial charge in [-0.3, -0.25) is 24.2 Å². The molecule has 0 aromatic rings. The molecule has 1 aliphatic carbocycles. The van der Waals surface area contributed by atoms with Crippen molar-refractivity contribution in [2.75, 3.05) is 6.54 Å². The monoisotopic (exact) mass is 196 g/mol. The fourth-order valence-corrected chi connectivity index (χ4v) is 1.64. The first-order valence-corrected chi connectivity index (χ1v) is 4.28. The molecule has 1 unspecified atom stereocenters. The average Bonchev–Trinajstić information content (AvgIpc) is 2.63. The molecule has 0 aromatic carbocycles. The summed E-state index contributed by atoms with van der Waals surface area (Å²) in [6.45, 7) is -0.0865. The number of nitrogens with one attached hydrogen (secondary N) is 1. The van der Waals surface area contributed by atoms with Crippen molar-refractivity contribution in [3.05, 3.63) is 0 Å². The minimum Gasteiger partial charge on any atom is -0.291 e. The molecule has 1 heterocycles. The van der Waals surface area contributed by atoms with Gasteiger partial charge in [0.2, 0.25) is 17.3 Å². The molecule has 2 rings (SSSR count). The van der Waals surface area contributed by atoms with Crippen LogP contribution >= 0.6 is 0 Å². The number of hydrogen-bond donors (Lipinski definition) is 1. The SMILES string of the molecule is O=C1CCC(N2NCC(=O)C2=O)C1=O. The summed E-state index contributed by atoms with van der Waals surface area (Å²) >= 11 is 0. The topological polar surface area (TPSA) is 83.6 Å². The summed E-state index contributed by atoms with van der Waals surface area (Å²) < 4.78 is 0. The summed E-state index contributed by atoms with van der Waals surface area (Å²) in [6, 6.07) is -0.776. The van der Waals surface area contributed by atoms with Gasteiger partial charge in [0, 0.05) is 6.42 Å². The molecule has 1 amide bonds. The molecular weight excluding hydrogens is 188 g/mol. The van der Waals surface area contributed by atoms with Crippen LogP contribution in [0, 0.1) is 0 Å². The Morgan fingerprint density at radius 3 is 2.29 bits per heavy atom. The smallest absolute Gasteiger partial charge is 0.291 e. The van der Waals surface area contributed by atoms with Crippen LogP contribution in [0.1, 0.15) is 12.8 Å². The highest BCUT2D eigenvalue weighted by Crippen LogP contribution is 2.18. The Hall–Kier alpha value is -1.56. The second-order valence-electron chi connectivity index (χ2n) is 3.28. The zero-order chi connectivity index (χ0) is 10.3. The number of Topliss-reactive ketones (excluding diaryl/α,β-unsaturated/α-hetero) is 3. The summed E-state index contributed by atoms with van der Waals surface area (Å²) in [5, 5.41) is 0.982. The van der Waals surface area contributed by atoms with Gasteiger partial charge in [-0.25, -0.2) is 5.43 Å². The number of ketones is 3. The third-order valence-corrected chi connectivity index (χ3v) is 2.40. The van der Waals surface area contributed by atoms with E-state index in [-0.39, 0.29) is 13.0 Å². The molecular formula is C8H8N2O4. The van der Waals surface area contributed by atoms with Gasteiger partial charge in [-0.05, 0) is 6.42 Å². The summed E-state index contributed by atoms with van der Waals surface area (Å²) in [5.41, 5.74) is 2.51. The number of rotatable bonds is 1. The van der Waals surface area contributed by atoms with Gasteiger partial charge in [-0.2, -0.15) is 0 Å². The fourth-order valence-electron chi connectivity index (χ4n) is 1.64. The molecule has 1 saturated heterocycles. The maximum absolute atomic E-state index is 11.2. The first kappa shape index (κ1) is 9.01. The van der Waals surface area contributed by atoms with Crippen molar-refractivity contribution in [3.63, 3.8) is 0 Å². The molecule has 2 fully saturated rings. The second kappa shape index (κ2) is 2.98. The van der Waals surface area contributed by atoms with Crippen molar-refractivity contribution < 1.29 is 19.2 Å². The van der Waals surface area contributed by atoms with E-state index in [1.165, 1.54) is 0 Å². The van der Waals surface area contributed by atoms with E-state index in [9.17, 15) is 19.2 Å². The van der Waals surface area contributed by atoms with E-state index in [1.807, 2.05) is 0 Å². The lowest BCUT2D eigenvalue weighted by molar-refractivity contribution is -0.145. The largest absolute Gasteiger partial charge is 0.306 e. The van der Waals surface area contributed by atoms with Crippen molar-refractivity contribution in [2.45, 2.75) is 18.9 Å². The average molecular weight is 196 g/mol. The van der Waals surface area contributed by atoms with Crippen LogP contribution in [0.4, 0.5) is 0 Å². The van der Waals surface area contributed by atoms with Crippen molar-refractivity contribution in [2.24, 2.45) is 0 Å². The van der Waals surface area contributed by atoms with E-state index in [2.05, 4.69) is 5.43 Å². The molecule has 1 saturated carbocycles. The van der Waals surface area contributed by atoms with Crippen molar-refractivity contribution in [3.8, 4) is 0 Å². The Morgan fingerprint density at radius 2 is 1.86 bits per heavy atom. The second-order valence-corrected chi connectivity index (χ2v) is 3.28. The van der Waals surface area contributed by atoms with Crippen LogP contribution in [0.25, 0.3) is 0 Å². The predicted molar refractivity (Wildman–Crippen MR) is 42.9 cm³/mol. The van der Waals surface area contributed by atoms with Gasteiger partial charge in [0.25, 0.3) is 0 Å². The van der Waals surface area contributed by atoms with Gasteiger partial charge >= 0.3 is 5.91 Å². The minimum atomic E-state index is -0.776. The molecule has 0 radical (unpaired) electrons. The summed E-state index contributed by atoms with van der Waals surface area (Å²) in [5.74, 6) is -2.35. The summed E-state index contributed by atoms with van der Waals surface area (Å²) in [4.78, 5) is 44.3. The van der Waals surface area contributed by atoms with Crippen LogP contribution in [0.2, 0.25) is 0 Å².